The molecule has 1 fully saturated rings. The molecule has 1 heteroatoms. The Balaban J connectivity index is 2.09. The number of benzene rings is 1. The highest BCUT2D eigenvalue weighted by Crippen LogP contribution is 2.47. The topological polar surface area (TPSA) is 0 Å². The minimum atomic E-state index is 0.316. The molecule has 2 rings (SSSR count). The van der Waals surface area contributed by atoms with Gasteiger partial charge >= 0.3 is 0 Å². The molecule has 0 radical (unpaired) electrons. The average Bonchev–Trinajstić information content (AvgIpc) is 3.05. The number of hydrogen-bond acceptors (Lipinski definition) is 0. The summed E-state index contributed by atoms with van der Waals surface area (Å²) in [7, 11) is 0. The lowest BCUT2D eigenvalue weighted by Crippen LogP contribution is -2.24. The molecule has 1 aromatic carbocycles. The van der Waals surface area contributed by atoms with E-state index in [2.05, 4.69) is 38.1 Å². The fourth-order valence-corrected chi connectivity index (χ4v) is 2.57. The molecule has 0 heterocycles. The Hall–Kier alpha value is -0.490. The van der Waals surface area contributed by atoms with E-state index in [0.717, 1.165) is 18.2 Å². The zero-order valence-electron chi connectivity index (χ0n) is 9.59. The molecule has 0 aliphatic heterocycles. The Morgan fingerprint density at radius 3 is 2.33 bits per heavy atom. The fourth-order valence-electron chi connectivity index (χ4n) is 2.25. The molecule has 0 spiro atoms. The molecule has 1 aliphatic rings. The molecule has 0 bridgehead atoms. The van der Waals surface area contributed by atoms with Crippen LogP contribution in [0.1, 0.15) is 30.9 Å². The summed E-state index contributed by atoms with van der Waals surface area (Å²) in [6.07, 6.45) is 3.87. The Labute approximate surface area is 97.6 Å². The van der Waals surface area contributed by atoms with Gasteiger partial charge in [0.05, 0.1) is 0 Å². The van der Waals surface area contributed by atoms with Gasteiger partial charge in [0.2, 0.25) is 0 Å². The maximum Gasteiger partial charge on any atom is 0.0283 e. The van der Waals surface area contributed by atoms with Crippen molar-refractivity contribution in [1.82, 2.24) is 0 Å². The van der Waals surface area contributed by atoms with Crippen LogP contribution in [-0.4, -0.2) is 5.88 Å². The molecule has 0 saturated heterocycles. The van der Waals surface area contributed by atoms with Crippen molar-refractivity contribution in [3.05, 3.63) is 35.4 Å². The van der Waals surface area contributed by atoms with Crippen molar-refractivity contribution in [2.75, 3.05) is 5.88 Å². The third-order valence-corrected chi connectivity index (χ3v) is 4.21. The largest absolute Gasteiger partial charge is 0.126 e. The molecule has 1 unspecified atom stereocenters. The maximum absolute atomic E-state index is 6.12. The summed E-state index contributed by atoms with van der Waals surface area (Å²) in [5.74, 6) is 1.64. The molecule has 0 nitrogen and oxygen atoms in total. The Morgan fingerprint density at radius 1 is 1.27 bits per heavy atom. The van der Waals surface area contributed by atoms with E-state index in [1.165, 1.54) is 24.0 Å². The monoisotopic (exact) mass is 222 g/mol. The van der Waals surface area contributed by atoms with Gasteiger partial charge in [-0.2, -0.15) is 0 Å². The van der Waals surface area contributed by atoms with E-state index in [4.69, 9.17) is 11.6 Å². The molecular weight excluding hydrogens is 204 g/mol. The summed E-state index contributed by atoms with van der Waals surface area (Å²) < 4.78 is 0. The van der Waals surface area contributed by atoms with Crippen LogP contribution in [0.25, 0.3) is 0 Å². The van der Waals surface area contributed by atoms with Crippen LogP contribution in [0.2, 0.25) is 0 Å². The number of hydrogen-bond donors (Lipinski definition) is 0. The van der Waals surface area contributed by atoms with E-state index >= 15 is 0 Å². The summed E-state index contributed by atoms with van der Waals surface area (Å²) in [4.78, 5) is 0. The van der Waals surface area contributed by atoms with E-state index < -0.39 is 0 Å². The highest BCUT2D eigenvalue weighted by Gasteiger charge is 2.40. The lowest BCUT2D eigenvalue weighted by Gasteiger charge is -2.27. The molecule has 0 aromatic heterocycles. The Morgan fingerprint density at radius 2 is 1.87 bits per heavy atom. The van der Waals surface area contributed by atoms with Gasteiger partial charge in [0.25, 0.3) is 0 Å². The zero-order valence-corrected chi connectivity index (χ0v) is 10.3. The van der Waals surface area contributed by atoms with Crippen LogP contribution >= 0.6 is 11.6 Å². The molecule has 0 N–H and O–H groups in total. The van der Waals surface area contributed by atoms with E-state index in [0.29, 0.717) is 5.41 Å². The van der Waals surface area contributed by atoms with Crippen molar-refractivity contribution < 1.29 is 0 Å². The smallest absolute Gasteiger partial charge is 0.0283 e. The van der Waals surface area contributed by atoms with Crippen molar-refractivity contribution >= 4 is 11.6 Å². The molecular formula is C14H19Cl. The first-order valence-corrected chi connectivity index (χ1v) is 6.29. The van der Waals surface area contributed by atoms with Gasteiger partial charge in [0.15, 0.2) is 0 Å². The summed E-state index contributed by atoms with van der Waals surface area (Å²) in [6, 6.07) is 8.86. The SMILES string of the molecule is Cc1ccc(CC(C)(CCl)C2CC2)cc1. The summed E-state index contributed by atoms with van der Waals surface area (Å²) in [5.41, 5.74) is 3.07. The summed E-state index contributed by atoms with van der Waals surface area (Å²) >= 11 is 6.12. The quantitative estimate of drug-likeness (QED) is 0.671. The Bertz CT molecular complexity index is 324. The first-order valence-electron chi connectivity index (χ1n) is 5.75. The first-order chi connectivity index (χ1) is 7.14. The summed E-state index contributed by atoms with van der Waals surface area (Å²) in [6.45, 7) is 4.46. The van der Waals surface area contributed by atoms with E-state index in [1.807, 2.05) is 0 Å². The van der Waals surface area contributed by atoms with Crippen LogP contribution in [0.4, 0.5) is 0 Å². The van der Waals surface area contributed by atoms with Crippen molar-refractivity contribution in [2.45, 2.75) is 33.1 Å². The first kappa shape index (κ1) is 11.0. The van der Waals surface area contributed by atoms with Gasteiger partial charge in [-0.25, -0.2) is 0 Å². The van der Waals surface area contributed by atoms with Gasteiger partial charge in [-0.1, -0.05) is 36.8 Å². The van der Waals surface area contributed by atoms with Crippen molar-refractivity contribution in [1.29, 1.82) is 0 Å². The van der Waals surface area contributed by atoms with E-state index in [-0.39, 0.29) is 0 Å². The number of halogens is 1. The van der Waals surface area contributed by atoms with Crippen molar-refractivity contribution in [3.63, 3.8) is 0 Å². The van der Waals surface area contributed by atoms with Crippen LogP contribution in [-0.2, 0) is 6.42 Å². The minimum absolute atomic E-state index is 0.316. The van der Waals surface area contributed by atoms with Crippen LogP contribution in [0, 0.1) is 18.3 Å². The van der Waals surface area contributed by atoms with Crippen LogP contribution in [0.15, 0.2) is 24.3 Å². The average molecular weight is 223 g/mol. The maximum atomic E-state index is 6.12. The lowest BCUT2D eigenvalue weighted by molar-refractivity contribution is 0.313. The molecule has 82 valence electrons. The molecule has 1 saturated carbocycles. The predicted molar refractivity (Wildman–Crippen MR) is 66.4 cm³/mol. The number of alkyl halides is 1. The third-order valence-electron chi connectivity index (χ3n) is 3.60. The number of rotatable bonds is 4. The van der Waals surface area contributed by atoms with Crippen molar-refractivity contribution in [2.24, 2.45) is 11.3 Å². The van der Waals surface area contributed by atoms with E-state index in [1.54, 1.807) is 0 Å². The zero-order chi connectivity index (χ0) is 10.9. The normalized spacial score (nSPS) is 19.9. The molecule has 0 amide bonds. The van der Waals surface area contributed by atoms with Gasteiger partial charge in [-0.3, -0.25) is 0 Å². The second-order valence-corrected chi connectivity index (χ2v) is 5.49. The fraction of sp³-hybridized carbons (Fsp3) is 0.571. The highest BCUT2D eigenvalue weighted by atomic mass is 35.5. The molecule has 1 aromatic rings. The van der Waals surface area contributed by atoms with Crippen LogP contribution in [0.5, 0.6) is 0 Å². The molecule has 1 aliphatic carbocycles. The van der Waals surface area contributed by atoms with Gasteiger partial charge in [0, 0.05) is 5.88 Å². The highest BCUT2D eigenvalue weighted by molar-refractivity contribution is 6.18. The van der Waals surface area contributed by atoms with Crippen LogP contribution < -0.4 is 0 Å². The van der Waals surface area contributed by atoms with Crippen molar-refractivity contribution in [3.8, 4) is 0 Å². The molecule has 15 heavy (non-hydrogen) atoms. The summed E-state index contributed by atoms with van der Waals surface area (Å²) in [5, 5.41) is 0. The van der Waals surface area contributed by atoms with Crippen LogP contribution in [0.3, 0.4) is 0 Å². The predicted octanol–water partition coefficient (Wildman–Crippen LogP) is 4.19. The van der Waals surface area contributed by atoms with Gasteiger partial charge < -0.3 is 0 Å². The third kappa shape index (κ3) is 2.55. The van der Waals surface area contributed by atoms with E-state index in [9.17, 15) is 0 Å². The van der Waals surface area contributed by atoms with Gasteiger partial charge in [-0.05, 0) is 43.1 Å². The second-order valence-electron chi connectivity index (χ2n) is 5.22. The number of aryl methyl sites for hydroxylation is 1. The second kappa shape index (κ2) is 4.17. The van der Waals surface area contributed by atoms with Gasteiger partial charge in [-0.15, -0.1) is 11.6 Å². The Kier molecular flexibility index (Phi) is 3.06. The standard InChI is InChI=1S/C14H19Cl/c1-11-3-5-12(6-4-11)9-14(2,10-15)13-7-8-13/h3-6,13H,7-10H2,1-2H3. The lowest BCUT2D eigenvalue weighted by atomic mass is 9.81. The van der Waals surface area contributed by atoms with Gasteiger partial charge in [0.1, 0.15) is 0 Å². The molecule has 1 atom stereocenters. The minimum Gasteiger partial charge on any atom is -0.126 e.